The smallest absolute Gasteiger partial charge is 0.274 e. The van der Waals surface area contributed by atoms with Crippen LogP contribution in [0.1, 0.15) is 23.7 Å². The minimum atomic E-state index is -3.23. The fourth-order valence-electron chi connectivity index (χ4n) is 1.94. The van der Waals surface area contributed by atoms with Crippen LogP contribution in [0.3, 0.4) is 0 Å². The normalized spacial score (nSPS) is 18.9. The Labute approximate surface area is 113 Å². The van der Waals surface area contributed by atoms with E-state index in [0.29, 0.717) is 12.0 Å². The number of hydrogen-bond donors (Lipinski definition) is 2. The molecule has 0 aliphatic carbocycles. The van der Waals surface area contributed by atoms with E-state index in [1.165, 1.54) is 6.08 Å². The first-order chi connectivity index (χ1) is 8.98. The monoisotopic (exact) mass is 278 g/mol. The summed E-state index contributed by atoms with van der Waals surface area (Å²) >= 11 is 0. The summed E-state index contributed by atoms with van der Waals surface area (Å²) in [6.45, 7) is 1.95. The molecule has 1 aromatic rings. The Morgan fingerprint density at radius 2 is 2.16 bits per heavy atom. The van der Waals surface area contributed by atoms with Gasteiger partial charge in [-0.3, -0.25) is 13.9 Å². The van der Waals surface area contributed by atoms with Gasteiger partial charge >= 0.3 is 0 Å². The molecule has 2 N–H and O–H groups in total. The summed E-state index contributed by atoms with van der Waals surface area (Å²) in [5.41, 5.74) is 1.13. The molecule has 6 heteroatoms. The molecule has 0 aromatic heterocycles. The highest BCUT2D eigenvalue weighted by Gasteiger charge is 2.40. The van der Waals surface area contributed by atoms with Crippen molar-refractivity contribution in [2.45, 2.75) is 18.2 Å². The van der Waals surface area contributed by atoms with Crippen molar-refractivity contribution in [3.63, 3.8) is 0 Å². The van der Waals surface area contributed by atoms with Crippen LogP contribution in [0.25, 0.3) is 0 Å². The van der Waals surface area contributed by atoms with Crippen LogP contribution in [-0.2, 0) is 0 Å². The lowest BCUT2D eigenvalue weighted by atomic mass is 10.2. The lowest BCUT2D eigenvalue weighted by Crippen LogP contribution is -2.28. The standard InChI is InChI=1S/C13H14N2O3S/c1-10(6-8-14)7-9-15-13(16)11-4-2-3-5-12(11)19(15,17)18/h2-6,17-18H,7,9H2,1H3. The van der Waals surface area contributed by atoms with Crippen LogP contribution in [0.15, 0.2) is 40.8 Å². The summed E-state index contributed by atoms with van der Waals surface area (Å²) in [6, 6.07) is 8.41. The molecule has 0 spiro atoms. The largest absolute Gasteiger partial charge is 0.277 e. The average Bonchev–Trinajstić information content (AvgIpc) is 2.57. The van der Waals surface area contributed by atoms with Gasteiger partial charge in [0.1, 0.15) is 0 Å². The number of rotatable bonds is 3. The molecule has 0 fully saturated rings. The van der Waals surface area contributed by atoms with E-state index in [1.807, 2.05) is 6.07 Å². The second-order valence-electron chi connectivity index (χ2n) is 4.29. The summed E-state index contributed by atoms with van der Waals surface area (Å²) in [4.78, 5) is 12.4. The lowest BCUT2D eigenvalue weighted by Gasteiger charge is -2.36. The molecule has 0 bridgehead atoms. The zero-order chi connectivity index (χ0) is 14.0. The summed E-state index contributed by atoms with van der Waals surface area (Å²) in [5.74, 6) is -0.375. The topological polar surface area (TPSA) is 84.6 Å². The number of carbonyl (C=O) groups is 1. The summed E-state index contributed by atoms with van der Waals surface area (Å²) in [6.07, 6.45) is 1.82. The molecule has 1 aliphatic rings. The molecular weight excluding hydrogens is 264 g/mol. The predicted octanol–water partition coefficient (Wildman–Crippen LogP) is 3.03. The third-order valence-electron chi connectivity index (χ3n) is 2.97. The zero-order valence-electron chi connectivity index (χ0n) is 10.4. The molecule has 1 amide bonds. The fraction of sp³-hybridized carbons (Fsp3) is 0.231. The molecule has 5 nitrogen and oxygen atoms in total. The highest BCUT2D eigenvalue weighted by molar-refractivity contribution is 8.23. The van der Waals surface area contributed by atoms with Crippen molar-refractivity contribution in [3.8, 4) is 6.07 Å². The number of amides is 1. The Morgan fingerprint density at radius 1 is 1.47 bits per heavy atom. The van der Waals surface area contributed by atoms with E-state index in [4.69, 9.17) is 5.26 Å². The van der Waals surface area contributed by atoms with Crippen molar-refractivity contribution >= 4 is 16.7 Å². The molecular formula is C13H14N2O3S. The van der Waals surface area contributed by atoms with E-state index in [1.54, 1.807) is 31.2 Å². The van der Waals surface area contributed by atoms with Crippen molar-refractivity contribution in [1.82, 2.24) is 4.31 Å². The average molecular weight is 278 g/mol. The van der Waals surface area contributed by atoms with Crippen molar-refractivity contribution in [3.05, 3.63) is 41.5 Å². The molecule has 2 rings (SSSR count). The van der Waals surface area contributed by atoms with Gasteiger partial charge in [0.2, 0.25) is 0 Å². The molecule has 0 radical (unpaired) electrons. The minimum absolute atomic E-state index is 0.180. The molecule has 1 heterocycles. The molecule has 0 saturated heterocycles. The Hall–Kier alpha value is -1.81. The van der Waals surface area contributed by atoms with E-state index in [-0.39, 0.29) is 17.3 Å². The maximum Gasteiger partial charge on any atom is 0.274 e. The van der Waals surface area contributed by atoms with Crippen molar-refractivity contribution in [1.29, 1.82) is 5.26 Å². The van der Waals surface area contributed by atoms with Crippen LogP contribution in [0.5, 0.6) is 0 Å². The van der Waals surface area contributed by atoms with Crippen LogP contribution >= 0.6 is 10.8 Å². The van der Waals surface area contributed by atoms with Gasteiger partial charge in [0.25, 0.3) is 5.91 Å². The third kappa shape index (κ3) is 2.36. The van der Waals surface area contributed by atoms with Crippen LogP contribution in [0, 0.1) is 11.3 Å². The van der Waals surface area contributed by atoms with Gasteiger partial charge in [-0.1, -0.05) is 28.5 Å². The summed E-state index contributed by atoms with van der Waals surface area (Å²) in [7, 11) is -3.23. The Balaban J connectivity index is 2.23. The number of nitriles is 1. The van der Waals surface area contributed by atoms with Gasteiger partial charge in [-0.25, -0.2) is 4.31 Å². The highest BCUT2D eigenvalue weighted by Crippen LogP contribution is 2.58. The number of benzene rings is 1. The van der Waals surface area contributed by atoms with E-state index < -0.39 is 10.8 Å². The van der Waals surface area contributed by atoms with Gasteiger partial charge in [0, 0.05) is 12.6 Å². The van der Waals surface area contributed by atoms with Crippen molar-refractivity contribution in [2.75, 3.05) is 6.54 Å². The summed E-state index contributed by atoms with van der Waals surface area (Å²) in [5, 5.41) is 8.52. The zero-order valence-corrected chi connectivity index (χ0v) is 11.2. The van der Waals surface area contributed by atoms with Gasteiger partial charge in [-0.15, -0.1) is 0 Å². The molecule has 19 heavy (non-hydrogen) atoms. The van der Waals surface area contributed by atoms with Gasteiger partial charge in [-0.05, 0) is 25.5 Å². The first-order valence-corrected chi connectivity index (χ1v) is 7.23. The van der Waals surface area contributed by atoms with E-state index in [0.717, 1.165) is 9.88 Å². The van der Waals surface area contributed by atoms with Gasteiger partial charge in [0.05, 0.1) is 16.5 Å². The molecule has 1 aromatic carbocycles. The van der Waals surface area contributed by atoms with Crippen LogP contribution in [0.4, 0.5) is 0 Å². The molecule has 0 unspecified atom stereocenters. The van der Waals surface area contributed by atoms with Crippen LogP contribution < -0.4 is 0 Å². The Morgan fingerprint density at radius 3 is 2.79 bits per heavy atom. The lowest BCUT2D eigenvalue weighted by molar-refractivity contribution is 0.0863. The fourth-order valence-corrected chi connectivity index (χ4v) is 3.56. The number of fused-ring (bicyclic) bond motifs is 1. The predicted molar refractivity (Wildman–Crippen MR) is 72.6 cm³/mol. The molecule has 0 atom stereocenters. The highest BCUT2D eigenvalue weighted by atomic mass is 32.3. The maximum absolute atomic E-state index is 12.1. The van der Waals surface area contributed by atoms with Crippen LogP contribution in [0.2, 0.25) is 0 Å². The van der Waals surface area contributed by atoms with E-state index in [9.17, 15) is 13.9 Å². The number of hydrogen-bond acceptors (Lipinski definition) is 4. The van der Waals surface area contributed by atoms with Crippen molar-refractivity contribution in [2.24, 2.45) is 0 Å². The molecule has 100 valence electrons. The van der Waals surface area contributed by atoms with E-state index in [2.05, 4.69) is 0 Å². The number of carbonyl (C=O) groups excluding carboxylic acids is 1. The SMILES string of the molecule is CC(=CC#N)CCN1C(=O)c2ccccc2S1(O)O. The number of nitrogens with zero attached hydrogens (tertiary/aromatic N) is 2. The second-order valence-corrected chi connectivity index (χ2v) is 6.21. The third-order valence-corrected chi connectivity index (χ3v) is 4.88. The van der Waals surface area contributed by atoms with Crippen LogP contribution in [-0.4, -0.2) is 25.9 Å². The molecule has 1 aliphatic heterocycles. The van der Waals surface area contributed by atoms with Gasteiger partial charge in [-0.2, -0.15) is 5.26 Å². The van der Waals surface area contributed by atoms with E-state index >= 15 is 0 Å². The Bertz CT molecular complexity index is 590. The quantitative estimate of drug-likeness (QED) is 0.832. The Kier molecular flexibility index (Phi) is 3.62. The minimum Gasteiger partial charge on any atom is -0.277 e. The first-order valence-electron chi connectivity index (χ1n) is 5.73. The first kappa shape index (κ1) is 13.6. The van der Waals surface area contributed by atoms with Crippen molar-refractivity contribution < 1.29 is 13.9 Å². The molecule has 0 saturated carbocycles. The maximum atomic E-state index is 12.1. The van der Waals surface area contributed by atoms with Gasteiger partial charge < -0.3 is 0 Å². The summed E-state index contributed by atoms with van der Waals surface area (Å²) < 4.78 is 21.4. The number of allylic oxidation sites excluding steroid dienone is 1. The van der Waals surface area contributed by atoms with Gasteiger partial charge in [0.15, 0.2) is 0 Å². The second kappa shape index (κ2) is 5.05.